The van der Waals surface area contributed by atoms with Gasteiger partial charge in [0.05, 0.1) is 0 Å². The number of rotatable bonds is 3. The first-order chi connectivity index (χ1) is 9.83. The summed E-state index contributed by atoms with van der Waals surface area (Å²) in [6.07, 6.45) is 0. The summed E-state index contributed by atoms with van der Waals surface area (Å²) < 4.78 is 0. The first kappa shape index (κ1) is 12.5. The molecule has 3 aromatic rings. The van der Waals surface area contributed by atoms with Crippen LogP contribution < -0.4 is 5.32 Å². The maximum Gasteiger partial charge on any atom is 0.0420 e. The molecule has 0 aliphatic carbocycles. The SMILES string of the molecule is Cc1ccc(-c2ccccc2)cc1Nc1ccccc1. The highest BCUT2D eigenvalue weighted by Crippen LogP contribution is 2.27. The Morgan fingerprint density at radius 3 is 2.00 bits per heavy atom. The minimum Gasteiger partial charge on any atom is -0.355 e. The first-order valence-corrected chi connectivity index (χ1v) is 6.81. The summed E-state index contributed by atoms with van der Waals surface area (Å²) in [5.74, 6) is 0. The van der Waals surface area contributed by atoms with Crippen LogP contribution >= 0.6 is 0 Å². The van der Waals surface area contributed by atoms with E-state index in [1.807, 2.05) is 24.3 Å². The van der Waals surface area contributed by atoms with E-state index in [2.05, 4.69) is 66.8 Å². The summed E-state index contributed by atoms with van der Waals surface area (Å²) in [6.45, 7) is 2.13. The van der Waals surface area contributed by atoms with E-state index in [4.69, 9.17) is 0 Å². The summed E-state index contributed by atoms with van der Waals surface area (Å²) in [7, 11) is 0. The average Bonchev–Trinajstić information content (AvgIpc) is 2.51. The predicted octanol–water partition coefficient (Wildman–Crippen LogP) is 5.41. The van der Waals surface area contributed by atoms with Crippen molar-refractivity contribution in [2.45, 2.75) is 6.92 Å². The van der Waals surface area contributed by atoms with Crippen LogP contribution in [0.4, 0.5) is 11.4 Å². The minimum atomic E-state index is 1.11. The molecule has 0 unspecified atom stereocenters. The number of para-hydroxylation sites is 1. The highest BCUT2D eigenvalue weighted by atomic mass is 14.9. The van der Waals surface area contributed by atoms with Crippen molar-refractivity contribution < 1.29 is 0 Å². The van der Waals surface area contributed by atoms with Crippen LogP contribution in [0.3, 0.4) is 0 Å². The van der Waals surface area contributed by atoms with Crippen LogP contribution in [-0.4, -0.2) is 0 Å². The molecule has 0 atom stereocenters. The third-order valence-corrected chi connectivity index (χ3v) is 3.40. The maximum absolute atomic E-state index is 3.48. The van der Waals surface area contributed by atoms with Gasteiger partial charge in [-0.1, -0.05) is 60.7 Å². The monoisotopic (exact) mass is 259 g/mol. The molecule has 0 amide bonds. The maximum atomic E-state index is 3.48. The van der Waals surface area contributed by atoms with Gasteiger partial charge in [-0.2, -0.15) is 0 Å². The molecule has 0 aromatic heterocycles. The third kappa shape index (κ3) is 2.72. The Bertz CT molecular complexity index is 687. The van der Waals surface area contributed by atoms with Gasteiger partial charge in [-0.15, -0.1) is 0 Å². The van der Waals surface area contributed by atoms with Crippen LogP contribution in [0.25, 0.3) is 11.1 Å². The van der Waals surface area contributed by atoms with Gasteiger partial charge in [0.1, 0.15) is 0 Å². The van der Waals surface area contributed by atoms with E-state index in [9.17, 15) is 0 Å². The van der Waals surface area contributed by atoms with Crippen molar-refractivity contribution in [3.63, 3.8) is 0 Å². The second kappa shape index (κ2) is 5.62. The van der Waals surface area contributed by atoms with Crippen molar-refractivity contribution in [3.8, 4) is 11.1 Å². The average molecular weight is 259 g/mol. The van der Waals surface area contributed by atoms with E-state index >= 15 is 0 Å². The summed E-state index contributed by atoms with van der Waals surface area (Å²) in [6, 6.07) is 27.2. The molecule has 0 heterocycles. The highest BCUT2D eigenvalue weighted by Gasteiger charge is 2.02. The number of anilines is 2. The minimum absolute atomic E-state index is 1.11. The van der Waals surface area contributed by atoms with Gasteiger partial charge >= 0.3 is 0 Å². The number of hydrogen-bond acceptors (Lipinski definition) is 1. The molecule has 0 fully saturated rings. The number of benzene rings is 3. The van der Waals surface area contributed by atoms with E-state index < -0.39 is 0 Å². The molecule has 3 rings (SSSR count). The zero-order valence-corrected chi connectivity index (χ0v) is 11.5. The molecule has 98 valence electrons. The van der Waals surface area contributed by atoms with Crippen LogP contribution in [0.5, 0.6) is 0 Å². The normalized spacial score (nSPS) is 10.2. The Hall–Kier alpha value is -2.54. The fourth-order valence-corrected chi connectivity index (χ4v) is 2.24. The van der Waals surface area contributed by atoms with E-state index in [1.54, 1.807) is 0 Å². The van der Waals surface area contributed by atoms with Crippen molar-refractivity contribution in [3.05, 3.63) is 84.4 Å². The standard InChI is InChI=1S/C19H17N/c1-15-12-13-17(16-8-4-2-5-9-16)14-19(15)20-18-10-6-3-7-11-18/h2-14,20H,1H3. The Morgan fingerprint density at radius 2 is 1.30 bits per heavy atom. The molecule has 0 aliphatic rings. The van der Waals surface area contributed by atoms with Gasteiger partial charge in [0.2, 0.25) is 0 Å². The molecule has 1 nitrogen and oxygen atoms in total. The van der Waals surface area contributed by atoms with Crippen molar-refractivity contribution in [1.82, 2.24) is 0 Å². The fourth-order valence-electron chi connectivity index (χ4n) is 2.24. The molecule has 0 radical (unpaired) electrons. The van der Waals surface area contributed by atoms with Crippen molar-refractivity contribution >= 4 is 11.4 Å². The van der Waals surface area contributed by atoms with Crippen LogP contribution in [0.15, 0.2) is 78.9 Å². The molecule has 1 heteroatoms. The van der Waals surface area contributed by atoms with Gasteiger partial charge in [0, 0.05) is 11.4 Å². The molecule has 20 heavy (non-hydrogen) atoms. The molecule has 1 N–H and O–H groups in total. The zero-order chi connectivity index (χ0) is 13.8. The van der Waals surface area contributed by atoms with Gasteiger partial charge in [-0.3, -0.25) is 0 Å². The lowest BCUT2D eigenvalue weighted by Gasteiger charge is -2.12. The Labute approximate surface area is 119 Å². The van der Waals surface area contributed by atoms with Crippen molar-refractivity contribution in [2.24, 2.45) is 0 Å². The van der Waals surface area contributed by atoms with Gasteiger partial charge < -0.3 is 5.32 Å². The van der Waals surface area contributed by atoms with E-state index in [0.717, 1.165) is 11.4 Å². The molecule has 0 aliphatic heterocycles. The molecule has 0 spiro atoms. The lowest BCUT2D eigenvalue weighted by atomic mass is 10.0. The lowest BCUT2D eigenvalue weighted by Crippen LogP contribution is -1.93. The molecule has 0 saturated carbocycles. The first-order valence-electron chi connectivity index (χ1n) is 6.81. The summed E-state index contributed by atoms with van der Waals surface area (Å²) in [5, 5.41) is 3.48. The second-order valence-corrected chi connectivity index (χ2v) is 4.89. The zero-order valence-electron chi connectivity index (χ0n) is 11.5. The van der Waals surface area contributed by atoms with Gasteiger partial charge in [-0.25, -0.2) is 0 Å². The Kier molecular flexibility index (Phi) is 3.51. The van der Waals surface area contributed by atoms with Gasteiger partial charge in [-0.05, 0) is 41.8 Å². The smallest absolute Gasteiger partial charge is 0.0420 e. The quantitative estimate of drug-likeness (QED) is 0.663. The van der Waals surface area contributed by atoms with Crippen molar-refractivity contribution in [2.75, 3.05) is 5.32 Å². The number of hydrogen-bond donors (Lipinski definition) is 1. The van der Waals surface area contributed by atoms with Gasteiger partial charge in [0.15, 0.2) is 0 Å². The molecule has 0 saturated heterocycles. The molecular formula is C19H17N. The number of nitrogens with one attached hydrogen (secondary N) is 1. The second-order valence-electron chi connectivity index (χ2n) is 4.89. The summed E-state index contributed by atoms with van der Waals surface area (Å²) in [5.41, 5.74) is 5.98. The summed E-state index contributed by atoms with van der Waals surface area (Å²) >= 11 is 0. The molecular weight excluding hydrogens is 242 g/mol. The van der Waals surface area contributed by atoms with E-state index in [-0.39, 0.29) is 0 Å². The number of aryl methyl sites for hydroxylation is 1. The van der Waals surface area contributed by atoms with E-state index in [1.165, 1.54) is 16.7 Å². The Balaban J connectivity index is 1.95. The Morgan fingerprint density at radius 1 is 0.650 bits per heavy atom. The van der Waals surface area contributed by atoms with Crippen LogP contribution in [0.1, 0.15) is 5.56 Å². The lowest BCUT2D eigenvalue weighted by molar-refractivity contribution is 1.43. The predicted molar refractivity (Wildman–Crippen MR) is 86.3 cm³/mol. The fraction of sp³-hybridized carbons (Fsp3) is 0.0526. The topological polar surface area (TPSA) is 12.0 Å². The largest absolute Gasteiger partial charge is 0.355 e. The molecule has 3 aromatic carbocycles. The van der Waals surface area contributed by atoms with Crippen molar-refractivity contribution in [1.29, 1.82) is 0 Å². The summed E-state index contributed by atoms with van der Waals surface area (Å²) in [4.78, 5) is 0. The van der Waals surface area contributed by atoms with Crippen LogP contribution in [-0.2, 0) is 0 Å². The molecule has 0 bridgehead atoms. The highest BCUT2D eigenvalue weighted by molar-refractivity contribution is 5.72. The van der Waals surface area contributed by atoms with Crippen LogP contribution in [0.2, 0.25) is 0 Å². The van der Waals surface area contributed by atoms with Crippen LogP contribution in [0, 0.1) is 6.92 Å². The van der Waals surface area contributed by atoms with E-state index in [0.29, 0.717) is 0 Å². The third-order valence-electron chi connectivity index (χ3n) is 3.40. The van der Waals surface area contributed by atoms with Gasteiger partial charge in [0.25, 0.3) is 0 Å².